The largest absolute Gasteiger partial charge is 0.359 e. The highest BCUT2D eigenvalue weighted by Gasteiger charge is 2.18. The summed E-state index contributed by atoms with van der Waals surface area (Å²) in [7, 11) is 1.68. The van der Waals surface area contributed by atoms with Crippen LogP contribution in [0.4, 0.5) is 0 Å². The summed E-state index contributed by atoms with van der Waals surface area (Å²) in [6.07, 6.45) is 4.30. The van der Waals surface area contributed by atoms with E-state index in [0.29, 0.717) is 12.3 Å². The average Bonchev–Trinajstić information content (AvgIpc) is 2.43. The molecule has 0 bridgehead atoms. The third-order valence-corrected chi connectivity index (χ3v) is 3.69. The minimum atomic E-state index is 0.103. The zero-order valence-corrected chi connectivity index (χ0v) is 11.0. The number of hydrogen-bond donors (Lipinski definition) is 2. The van der Waals surface area contributed by atoms with E-state index in [0.717, 1.165) is 13.1 Å². The van der Waals surface area contributed by atoms with Crippen molar-refractivity contribution in [2.24, 2.45) is 0 Å². The van der Waals surface area contributed by atoms with Crippen LogP contribution in [0.1, 0.15) is 36.3 Å². The molecule has 1 aromatic carbocycles. The molecule has 1 unspecified atom stereocenters. The molecule has 1 aliphatic carbocycles. The quantitative estimate of drug-likeness (QED) is 0.778. The number of hydrogen-bond acceptors (Lipinski definition) is 2. The Balaban J connectivity index is 1.82. The summed E-state index contributed by atoms with van der Waals surface area (Å²) in [5, 5.41) is 6.04. The smallest absolute Gasteiger partial charge is 0.221 e. The van der Waals surface area contributed by atoms with Gasteiger partial charge in [-0.05, 0) is 36.3 Å². The van der Waals surface area contributed by atoms with Gasteiger partial charge >= 0.3 is 0 Å². The van der Waals surface area contributed by atoms with Gasteiger partial charge in [0.05, 0.1) is 0 Å². The van der Waals surface area contributed by atoms with Gasteiger partial charge < -0.3 is 10.6 Å². The predicted octanol–water partition coefficient (Wildman–Crippen LogP) is 1.83. The molecule has 1 amide bonds. The Morgan fingerprint density at radius 1 is 1.39 bits per heavy atom. The van der Waals surface area contributed by atoms with Gasteiger partial charge in [0.2, 0.25) is 5.91 Å². The van der Waals surface area contributed by atoms with Crippen molar-refractivity contribution in [1.82, 2.24) is 10.6 Å². The molecule has 2 N–H and O–H groups in total. The molecule has 18 heavy (non-hydrogen) atoms. The molecule has 0 heterocycles. The van der Waals surface area contributed by atoms with Gasteiger partial charge in [-0.1, -0.05) is 24.3 Å². The third-order valence-electron chi connectivity index (χ3n) is 3.69. The Kier molecular flexibility index (Phi) is 4.76. The topological polar surface area (TPSA) is 41.1 Å². The molecule has 0 aliphatic heterocycles. The van der Waals surface area contributed by atoms with E-state index in [2.05, 4.69) is 34.9 Å². The fourth-order valence-electron chi connectivity index (χ4n) is 2.67. The summed E-state index contributed by atoms with van der Waals surface area (Å²) in [4.78, 5) is 11.1. The summed E-state index contributed by atoms with van der Waals surface area (Å²) < 4.78 is 0. The summed E-state index contributed by atoms with van der Waals surface area (Å²) in [5.41, 5.74) is 3.00. The second-order valence-corrected chi connectivity index (χ2v) is 4.92. The van der Waals surface area contributed by atoms with Crippen molar-refractivity contribution in [1.29, 1.82) is 0 Å². The van der Waals surface area contributed by atoms with E-state index >= 15 is 0 Å². The van der Waals surface area contributed by atoms with Gasteiger partial charge in [-0.25, -0.2) is 0 Å². The van der Waals surface area contributed by atoms with E-state index in [4.69, 9.17) is 0 Å². The zero-order chi connectivity index (χ0) is 12.8. The Labute approximate surface area is 109 Å². The molecule has 1 atom stereocenters. The van der Waals surface area contributed by atoms with Crippen molar-refractivity contribution >= 4 is 5.91 Å². The molecule has 0 aromatic heterocycles. The SMILES string of the molecule is CNC(=O)CCNCC1CCCc2ccccc21. The van der Waals surface area contributed by atoms with E-state index in [9.17, 15) is 4.79 Å². The van der Waals surface area contributed by atoms with Crippen LogP contribution in [0.3, 0.4) is 0 Å². The Hall–Kier alpha value is -1.35. The highest BCUT2D eigenvalue weighted by Crippen LogP contribution is 2.30. The number of aryl methyl sites for hydroxylation is 1. The lowest BCUT2D eigenvalue weighted by Gasteiger charge is -2.25. The van der Waals surface area contributed by atoms with Gasteiger partial charge in [0.15, 0.2) is 0 Å². The van der Waals surface area contributed by atoms with Crippen LogP contribution in [0.5, 0.6) is 0 Å². The molecule has 0 radical (unpaired) electrons. The van der Waals surface area contributed by atoms with Crippen molar-refractivity contribution in [3.8, 4) is 0 Å². The first-order chi connectivity index (χ1) is 8.81. The molecule has 1 aromatic rings. The molecule has 98 valence electrons. The van der Waals surface area contributed by atoms with Gasteiger partial charge in [-0.15, -0.1) is 0 Å². The third kappa shape index (κ3) is 3.33. The number of amides is 1. The van der Waals surface area contributed by atoms with Crippen LogP contribution in [-0.2, 0) is 11.2 Å². The number of carbonyl (C=O) groups is 1. The number of benzene rings is 1. The molecule has 3 nitrogen and oxygen atoms in total. The van der Waals surface area contributed by atoms with Crippen molar-refractivity contribution in [3.05, 3.63) is 35.4 Å². The lowest BCUT2D eigenvalue weighted by atomic mass is 9.83. The van der Waals surface area contributed by atoms with Crippen LogP contribution >= 0.6 is 0 Å². The number of carbonyl (C=O) groups excluding carboxylic acids is 1. The summed E-state index contributed by atoms with van der Waals surface area (Å²) in [6, 6.07) is 8.74. The minimum Gasteiger partial charge on any atom is -0.359 e. The van der Waals surface area contributed by atoms with Gasteiger partial charge in [0, 0.05) is 26.6 Å². The molecular formula is C15H22N2O. The maximum Gasteiger partial charge on any atom is 0.221 e. The lowest BCUT2D eigenvalue weighted by molar-refractivity contribution is -0.120. The van der Waals surface area contributed by atoms with Crippen LogP contribution in [0, 0.1) is 0 Å². The van der Waals surface area contributed by atoms with Crippen molar-refractivity contribution < 1.29 is 4.79 Å². The van der Waals surface area contributed by atoms with Gasteiger partial charge in [-0.3, -0.25) is 4.79 Å². The monoisotopic (exact) mass is 246 g/mol. The predicted molar refractivity (Wildman–Crippen MR) is 73.7 cm³/mol. The summed E-state index contributed by atoms with van der Waals surface area (Å²) in [6.45, 7) is 1.74. The number of rotatable bonds is 5. The number of fused-ring (bicyclic) bond motifs is 1. The summed E-state index contributed by atoms with van der Waals surface area (Å²) in [5.74, 6) is 0.714. The van der Waals surface area contributed by atoms with Crippen molar-refractivity contribution in [2.75, 3.05) is 20.1 Å². The van der Waals surface area contributed by atoms with Crippen LogP contribution in [-0.4, -0.2) is 26.0 Å². The molecular weight excluding hydrogens is 224 g/mol. The standard InChI is InChI=1S/C15H22N2O/c1-16-15(18)9-10-17-11-13-7-4-6-12-5-2-3-8-14(12)13/h2-3,5,8,13,17H,4,6-7,9-11H2,1H3,(H,16,18). The first kappa shape index (κ1) is 13.1. The van der Waals surface area contributed by atoms with Gasteiger partial charge in [0.1, 0.15) is 0 Å². The molecule has 1 aliphatic rings. The highest BCUT2D eigenvalue weighted by molar-refractivity contribution is 5.75. The second kappa shape index (κ2) is 6.55. The van der Waals surface area contributed by atoms with Crippen LogP contribution in [0.2, 0.25) is 0 Å². The van der Waals surface area contributed by atoms with Gasteiger partial charge in [0.25, 0.3) is 0 Å². The van der Waals surface area contributed by atoms with Crippen LogP contribution in [0.15, 0.2) is 24.3 Å². The fourth-order valence-corrected chi connectivity index (χ4v) is 2.67. The lowest BCUT2D eigenvalue weighted by Crippen LogP contribution is -2.28. The Morgan fingerprint density at radius 2 is 2.22 bits per heavy atom. The molecule has 0 spiro atoms. The highest BCUT2D eigenvalue weighted by atomic mass is 16.1. The first-order valence-electron chi connectivity index (χ1n) is 6.80. The van der Waals surface area contributed by atoms with Crippen LogP contribution < -0.4 is 10.6 Å². The Bertz CT molecular complexity index is 403. The van der Waals surface area contributed by atoms with Gasteiger partial charge in [-0.2, -0.15) is 0 Å². The van der Waals surface area contributed by atoms with E-state index < -0.39 is 0 Å². The van der Waals surface area contributed by atoms with E-state index in [-0.39, 0.29) is 5.91 Å². The van der Waals surface area contributed by atoms with E-state index in [1.165, 1.54) is 30.4 Å². The van der Waals surface area contributed by atoms with E-state index in [1.54, 1.807) is 7.05 Å². The molecule has 3 heteroatoms. The average molecular weight is 246 g/mol. The zero-order valence-electron chi connectivity index (χ0n) is 11.0. The fraction of sp³-hybridized carbons (Fsp3) is 0.533. The molecule has 0 fully saturated rings. The normalized spacial score (nSPS) is 18.2. The molecule has 0 saturated carbocycles. The first-order valence-corrected chi connectivity index (χ1v) is 6.80. The molecule has 2 rings (SSSR count). The van der Waals surface area contributed by atoms with Crippen LogP contribution in [0.25, 0.3) is 0 Å². The van der Waals surface area contributed by atoms with E-state index in [1.807, 2.05) is 0 Å². The number of nitrogens with one attached hydrogen (secondary N) is 2. The van der Waals surface area contributed by atoms with Crippen molar-refractivity contribution in [2.45, 2.75) is 31.6 Å². The molecule has 0 saturated heterocycles. The van der Waals surface area contributed by atoms with Crippen molar-refractivity contribution in [3.63, 3.8) is 0 Å². The Morgan fingerprint density at radius 3 is 3.06 bits per heavy atom. The maximum absolute atomic E-state index is 11.1. The second-order valence-electron chi connectivity index (χ2n) is 4.92. The minimum absolute atomic E-state index is 0.103. The maximum atomic E-state index is 11.1. The summed E-state index contributed by atoms with van der Waals surface area (Å²) >= 11 is 0.